The molecule has 0 spiro atoms. The molecule has 0 fully saturated rings. The van der Waals surface area contributed by atoms with Gasteiger partial charge in [-0.15, -0.1) is 0 Å². The molecule has 0 saturated heterocycles. The van der Waals surface area contributed by atoms with Crippen molar-refractivity contribution in [3.05, 3.63) is 44.7 Å². The maximum absolute atomic E-state index is 12.4. The first-order valence-corrected chi connectivity index (χ1v) is 8.62. The highest BCUT2D eigenvalue weighted by Gasteiger charge is 2.20. The third kappa shape index (κ3) is 3.58. The minimum atomic E-state index is -3.86. The predicted molar refractivity (Wildman–Crippen MR) is 84.1 cm³/mol. The molecule has 0 amide bonds. The topological polar surface area (TPSA) is 95.7 Å². The maximum Gasteiger partial charge on any atom is 0.263 e. The summed E-state index contributed by atoms with van der Waals surface area (Å²) < 4.78 is 27.9. The first-order valence-electron chi connectivity index (χ1n) is 5.55. The largest absolute Gasteiger partial charge is 0.263 e. The summed E-state index contributed by atoms with van der Waals surface area (Å²) in [6, 6.07) is 6.37. The minimum absolute atomic E-state index is 0.0261. The highest BCUT2D eigenvalue weighted by atomic mass is 79.9. The van der Waals surface area contributed by atoms with Crippen LogP contribution < -0.4 is 4.72 Å². The second kappa shape index (κ2) is 6.09. The quantitative estimate of drug-likeness (QED) is 0.805. The lowest BCUT2D eigenvalue weighted by Crippen LogP contribution is -2.16. The van der Waals surface area contributed by atoms with Gasteiger partial charge in [0.15, 0.2) is 10.4 Å². The second-order valence-corrected chi connectivity index (χ2v) is 7.24. The summed E-state index contributed by atoms with van der Waals surface area (Å²) >= 11 is 6.27. The number of sulfonamides is 1. The van der Waals surface area contributed by atoms with Crippen LogP contribution >= 0.6 is 31.9 Å². The zero-order valence-electron chi connectivity index (χ0n) is 10.6. The second-order valence-electron chi connectivity index (χ2n) is 4.03. The molecule has 6 nitrogen and oxygen atoms in total. The van der Waals surface area contributed by atoms with Crippen LogP contribution in [0.2, 0.25) is 0 Å². The highest BCUT2D eigenvalue weighted by Crippen LogP contribution is 2.24. The Morgan fingerprint density at radius 1 is 1.33 bits per heavy atom. The third-order valence-corrected chi connectivity index (χ3v) is 4.95. The van der Waals surface area contributed by atoms with Crippen LogP contribution in [0, 0.1) is 18.3 Å². The van der Waals surface area contributed by atoms with Gasteiger partial charge in [0.25, 0.3) is 10.0 Å². The summed E-state index contributed by atoms with van der Waals surface area (Å²) in [6.07, 6.45) is 1.38. The van der Waals surface area contributed by atoms with Crippen molar-refractivity contribution in [2.75, 3.05) is 4.72 Å². The molecule has 1 heterocycles. The van der Waals surface area contributed by atoms with E-state index in [1.165, 1.54) is 12.3 Å². The first-order chi connectivity index (χ1) is 9.83. The molecule has 21 heavy (non-hydrogen) atoms. The fraction of sp³-hybridized carbons (Fsp3) is 0.0833. The Labute approximate surface area is 138 Å². The fourth-order valence-electron chi connectivity index (χ4n) is 1.56. The molecule has 0 aliphatic rings. The number of nitrogens with zero attached hydrogens (tertiary/aromatic N) is 3. The van der Waals surface area contributed by atoms with E-state index < -0.39 is 10.0 Å². The van der Waals surface area contributed by atoms with Crippen LogP contribution in [0.3, 0.4) is 0 Å². The van der Waals surface area contributed by atoms with Crippen LogP contribution in [0.15, 0.2) is 38.5 Å². The van der Waals surface area contributed by atoms with E-state index >= 15 is 0 Å². The van der Waals surface area contributed by atoms with Gasteiger partial charge < -0.3 is 0 Å². The van der Waals surface area contributed by atoms with E-state index in [1.54, 1.807) is 19.1 Å². The van der Waals surface area contributed by atoms with Gasteiger partial charge in [-0.25, -0.2) is 18.4 Å². The van der Waals surface area contributed by atoms with E-state index in [2.05, 4.69) is 46.5 Å². The Morgan fingerprint density at radius 3 is 2.67 bits per heavy atom. The molecule has 9 heteroatoms. The lowest BCUT2D eigenvalue weighted by molar-refractivity contribution is 0.600. The van der Waals surface area contributed by atoms with Gasteiger partial charge in [0, 0.05) is 0 Å². The van der Waals surface area contributed by atoms with E-state index in [-0.39, 0.29) is 20.9 Å². The summed E-state index contributed by atoms with van der Waals surface area (Å²) in [6.45, 7) is 1.65. The number of aryl methyl sites for hydroxylation is 1. The van der Waals surface area contributed by atoms with Crippen molar-refractivity contribution in [3.63, 3.8) is 0 Å². The van der Waals surface area contributed by atoms with Crippen molar-refractivity contribution in [2.45, 2.75) is 11.8 Å². The summed E-state index contributed by atoms with van der Waals surface area (Å²) in [5.41, 5.74) is 0.796. The molecule has 2 aromatic rings. The molecule has 0 saturated carbocycles. The third-order valence-electron chi connectivity index (χ3n) is 2.54. The molecule has 0 aliphatic heterocycles. The molecule has 0 aliphatic carbocycles. The molecular weight excluding hydrogens is 424 g/mol. The monoisotopic (exact) mass is 430 g/mol. The van der Waals surface area contributed by atoms with E-state index in [9.17, 15) is 8.42 Å². The number of hydrogen-bond acceptors (Lipinski definition) is 5. The number of rotatable bonds is 3. The molecule has 1 aromatic carbocycles. The highest BCUT2D eigenvalue weighted by molar-refractivity contribution is 9.11. The zero-order chi connectivity index (χ0) is 15.6. The van der Waals surface area contributed by atoms with Crippen LogP contribution in [0.5, 0.6) is 0 Å². The van der Waals surface area contributed by atoms with Gasteiger partial charge in [0.05, 0.1) is 22.7 Å². The Kier molecular flexibility index (Phi) is 4.61. The van der Waals surface area contributed by atoms with E-state index in [0.717, 1.165) is 0 Å². The van der Waals surface area contributed by atoms with Crippen molar-refractivity contribution < 1.29 is 8.42 Å². The summed E-state index contributed by atoms with van der Waals surface area (Å²) in [7, 11) is -3.86. The van der Waals surface area contributed by atoms with Crippen molar-refractivity contribution in [3.8, 4) is 6.07 Å². The SMILES string of the molecule is Cc1ccc(C#N)cc1S(=O)(=O)Nc1ncc(Br)nc1Br. The van der Waals surface area contributed by atoms with Gasteiger partial charge >= 0.3 is 0 Å². The van der Waals surface area contributed by atoms with E-state index in [1.807, 2.05) is 6.07 Å². The standard InChI is InChI=1S/C12H8Br2N4O2S/c1-7-2-3-8(5-15)4-9(7)21(19,20)18-12-11(14)17-10(13)6-16-12/h2-4,6H,1H3,(H,16,18). The molecule has 1 aromatic heterocycles. The van der Waals surface area contributed by atoms with Crippen molar-refractivity contribution in [1.82, 2.24) is 9.97 Å². The smallest absolute Gasteiger partial charge is 0.261 e. The zero-order valence-corrected chi connectivity index (χ0v) is 14.6. The lowest BCUT2D eigenvalue weighted by atomic mass is 10.2. The van der Waals surface area contributed by atoms with Gasteiger partial charge in [-0.2, -0.15) is 5.26 Å². The summed E-state index contributed by atoms with van der Waals surface area (Å²) in [5.74, 6) is 0.0694. The number of anilines is 1. The first kappa shape index (κ1) is 15.9. The minimum Gasteiger partial charge on any atom is -0.261 e. The van der Waals surface area contributed by atoms with Crippen molar-refractivity contribution >= 4 is 47.7 Å². The van der Waals surface area contributed by atoms with Crippen LogP contribution in [-0.4, -0.2) is 18.4 Å². The molecule has 1 N–H and O–H groups in total. The molecule has 108 valence electrons. The average Bonchev–Trinajstić information content (AvgIpc) is 2.42. The van der Waals surface area contributed by atoms with E-state index in [4.69, 9.17) is 5.26 Å². The fourth-order valence-corrected chi connectivity index (χ4v) is 3.89. The van der Waals surface area contributed by atoms with Crippen LogP contribution in [0.1, 0.15) is 11.1 Å². The molecule has 0 bridgehead atoms. The number of halogens is 2. The van der Waals surface area contributed by atoms with Gasteiger partial charge in [-0.1, -0.05) is 6.07 Å². The summed E-state index contributed by atoms with van der Waals surface area (Å²) in [4.78, 5) is 7.97. The lowest BCUT2D eigenvalue weighted by Gasteiger charge is -2.10. The molecule has 2 rings (SSSR count). The predicted octanol–water partition coefficient (Wildman–Crippen LogP) is 2.98. The van der Waals surface area contributed by atoms with E-state index in [0.29, 0.717) is 10.2 Å². The molecule has 0 radical (unpaired) electrons. The average molecular weight is 432 g/mol. The number of nitriles is 1. The Bertz CT molecular complexity index is 847. The Hall–Kier alpha value is -1.50. The van der Waals surface area contributed by atoms with Crippen LogP contribution in [0.25, 0.3) is 0 Å². The molecule has 0 atom stereocenters. The maximum atomic E-state index is 12.4. The molecule has 0 unspecified atom stereocenters. The molecular formula is C12H8Br2N4O2S. The van der Waals surface area contributed by atoms with Crippen LogP contribution in [-0.2, 0) is 10.0 Å². The Balaban J connectivity index is 2.46. The van der Waals surface area contributed by atoms with Crippen molar-refractivity contribution in [1.29, 1.82) is 5.26 Å². The van der Waals surface area contributed by atoms with Gasteiger partial charge in [-0.05, 0) is 56.5 Å². The number of hydrogen-bond donors (Lipinski definition) is 1. The number of nitrogens with one attached hydrogen (secondary N) is 1. The van der Waals surface area contributed by atoms with Crippen LogP contribution in [0.4, 0.5) is 5.82 Å². The van der Waals surface area contributed by atoms with Gasteiger partial charge in [0.1, 0.15) is 4.60 Å². The van der Waals surface area contributed by atoms with Gasteiger partial charge in [0.2, 0.25) is 0 Å². The number of benzene rings is 1. The van der Waals surface area contributed by atoms with Gasteiger partial charge in [-0.3, -0.25) is 4.72 Å². The Morgan fingerprint density at radius 2 is 2.05 bits per heavy atom. The summed E-state index contributed by atoms with van der Waals surface area (Å²) in [5, 5.41) is 8.88. The number of aromatic nitrogens is 2. The van der Waals surface area contributed by atoms with Crippen molar-refractivity contribution in [2.24, 2.45) is 0 Å². The normalized spacial score (nSPS) is 11.0.